The van der Waals surface area contributed by atoms with Gasteiger partial charge in [-0.25, -0.2) is 0 Å². The minimum atomic E-state index is -0.265. The van der Waals surface area contributed by atoms with Crippen LogP contribution in [-0.4, -0.2) is 0 Å². The van der Waals surface area contributed by atoms with E-state index in [0.29, 0.717) is 6.61 Å². The average Bonchev–Trinajstić information content (AvgIpc) is 2.48. The first-order chi connectivity index (χ1) is 6.09. The van der Waals surface area contributed by atoms with Crippen LogP contribution in [0.15, 0.2) is 18.2 Å². The van der Waals surface area contributed by atoms with Crippen LogP contribution in [0.2, 0.25) is 0 Å². The summed E-state index contributed by atoms with van der Waals surface area (Å²) in [7, 11) is 0. The van der Waals surface area contributed by atoms with Crippen LogP contribution in [0.5, 0.6) is 0 Å². The van der Waals surface area contributed by atoms with Crippen molar-refractivity contribution in [3.8, 4) is 0 Å². The highest BCUT2D eigenvalue weighted by atomic mass is 16.5. The fraction of sp³-hybridized carbons (Fsp3) is 0.455. The number of hydrogen-bond donors (Lipinski definition) is 1. The van der Waals surface area contributed by atoms with Gasteiger partial charge in [-0.2, -0.15) is 0 Å². The van der Waals surface area contributed by atoms with Gasteiger partial charge in [0.05, 0.1) is 13.2 Å². The highest BCUT2D eigenvalue weighted by Crippen LogP contribution is 2.29. The summed E-state index contributed by atoms with van der Waals surface area (Å²) >= 11 is 0. The van der Waals surface area contributed by atoms with Crippen molar-refractivity contribution in [1.82, 2.24) is 0 Å². The summed E-state index contributed by atoms with van der Waals surface area (Å²) in [6.45, 7) is 5.51. The monoisotopic (exact) mass is 177 g/mol. The van der Waals surface area contributed by atoms with Gasteiger partial charge in [0.25, 0.3) is 0 Å². The van der Waals surface area contributed by atoms with Crippen LogP contribution in [0.25, 0.3) is 0 Å². The summed E-state index contributed by atoms with van der Waals surface area (Å²) in [5.74, 6) is 0. The van der Waals surface area contributed by atoms with Gasteiger partial charge < -0.3 is 10.5 Å². The van der Waals surface area contributed by atoms with E-state index in [9.17, 15) is 0 Å². The Kier molecular flexibility index (Phi) is 1.90. The zero-order valence-electron chi connectivity index (χ0n) is 8.13. The first-order valence-electron chi connectivity index (χ1n) is 4.57. The molecule has 0 radical (unpaired) electrons. The van der Waals surface area contributed by atoms with Crippen molar-refractivity contribution in [2.75, 3.05) is 0 Å². The van der Waals surface area contributed by atoms with Crippen molar-refractivity contribution in [1.29, 1.82) is 0 Å². The van der Waals surface area contributed by atoms with E-state index in [2.05, 4.69) is 18.2 Å². The number of rotatable bonds is 1. The Morgan fingerprint density at radius 3 is 2.77 bits per heavy atom. The van der Waals surface area contributed by atoms with Crippen molar-refractivity contribution >= 4 is 0 Å². The molecule has 2 N–H and O–H groups in total. The number of benzene rings is 1. The van der Waals surface area contributed by atoms with Gasteiger partial charge in [0.15, 0.2) is 0 Å². The van der Waals surface area contributed by atoms with Crippen molar-refractivity contribution in [2.24, 2.45) is 5.73 Å². The van der Waals surface area contributed by atoms with Crippen molar-refractivity contribution in [2.45, 2.75) is 32.6 Å². The van der Waals surface area contributed by atoms with Gasteiger partial charge in [-0.15, -0.1) is 0 Å². The highest BCUT2D eigenvalue weighted by Gasteiger charge is 2.22. The van der Waals surface area contributed by atoms with Crippen LogP contribution >= 0.6 is 0 Å². The predicted octanol–water partition coefficient (Wildman–Crippen LogP) is 1.91. The highest BCUT2D eigenvalue weighted by molar-refractivity contribution is 5.39. The Bertz CT molecular complexity index is 325. The first-order valence-corrected chi connectivity index (χ1v) is 4.57. The maximum atomic E-state index is 6.07. The lowest BCUT2D eigenvalue weighted by atomic mass is 9.89. The molecule has 0 spiro atoms. The molecule has 13 heavy (non-hydrogen) atoms. The summed E-state index contributed by atoms with van der Waals surface area (Å²) in [4.78, 5) is 0. The molecule has 2 heteroatoms. The number of nitrogens with two attached hydrogens (primary N) is 1. The molecule has 1 aliphatic rings. The molecule has 2 nitrogen and oxygen atoms in total. The average molecular weight is 177 g/mol. The maximum Gasteiger partial charge on any atom is 0.0728 e. The van der Waals surface area contributed by atoms with Crippen molar-refractivity contribution in [3.05, 3.63) is 34.9 Å². The number of fused-ring (bicyclic) bond motifs is 1. The molecule has 0 fully saturated rings. The fourth-order valence-electron chi connectivity index (χ4n) is 1.81. The van der Waals surface area contributed by atoms with Gasteiger partial charge >= 0.3 is 0 Å². The Morgan fingerprint density at radius 1 is 1.31 bits per heavy atom. The van der Waals surface area contributed by atoms with Gasteiger partial charge in [0.2, 0.25) is 0 Å². The fourth-order valence-corrected chi connectivity index (χ4v) is 1.81. The second-order valence-corrected chi connectivity index (χ2v) is 4.16. The minimum absolute atomic E-state index is 0.265. The molecule has 0 aromatic heterocycles. The molecule has 0 aliphatic carbocycles. The van der Waals surface area contributed by atoms with E-state index in [-0.39, 0.29) is 5.54 Å². The summed E-state index contributed by atoms with van der Waals surface area (Å²) in [6, 6.07) is 6.25. The molecule has 2 rings (SSSR count). The zero-order chi connectivity index (χ0) is 9.47. The van der Waals surface area contributed by atoms with Crippen LogP contribution in [0.3, 0.4) is 0 Å². The van der Waals surface area contributed by atoms with E-state index in [0.717, 1.165) is 6.61 Å². The van der Waals surface area contributed by atoms with Gasteiger partial charge in [0, 0.05) is 5.54 Å². The van der Waals surface area contributed by atoms with Crippen molar-refractivity contribution in [3.63, 3.8) is 0 Å². The molecule has 1 aromatic carbocycles. The van der Waals surface area contributed by atoms with Gasteiger partial charge in [-0.05, 0) is 30.5 Å². The van der Waals surface area contributed by atoms with E-state index < -0.39 is 0 Å². The lowest BCUT2D eigenvalue weighted by Gasteiger charge is -2.22. The topological polar surface area (TPSA) is 35.2 Å². The summed E-state index contributed by atoms with van der Waals surface area (Å²) in [6.07, 6.45) is 0. The van der Waals surface area contributed by atoms with E-state index >= 15 is 0 Å². The van der Waals surface area contributed by atoms with E-state index in [4.69, 9.17) is 10.5 Å². The summed E-state index contributed by atoms with van der Waals surface area (Å²) in [5.41, 5.74) is 9.60. The third-order valence-electron chi connectivity index (χ3n) is 2.47. The first kappa shape index (κ1) is 8.73. The van der Waals surface area contributed by atoms with Gasteiger partial charge in [-0.1, -0.05) is 18.2 Å². The molecular formula is C11H15NO. The Balaban J connectivity index is 2.54. The second-order valence-electron chi connectivity index (χ2n) is 4.16. The third kappa shape index (κ3) is 1.47. The van der Waals surface area contributed by atoms with Crippen molar-refractivity contribution < 1.29 is 4.74 Å². The lowest BCUT2D eigenvalue weighted by molar-refractivity contribution is 0.134. The smallest absolute Gasteiger partial charge is 0.0728 e. The summed E-state index contributed by atoms with van der Waals surface area (Å²) < 4.78 is 5.40. The summed E-state index contributed by atoms with van der Waals surface area (Å²) in [5, 5.41) is 0. The predicted molar refractivity (Wildman–Crippen MR) is 52.1 cm³/mol. The molecule has 0 atom stereocenters. The maximum absolute atomic E-state index is 6.07. The van der Waals surface area contributed by atoms with E-state index in [1.54, 1.807) is 0 Å². The molecule has 0 bridgehead atoms. The standard InChI is InChI=1S/C11H15NO/c1-11(2,12)10-5-3-4-8-6-13-7-9(8)10/h3-5H,6-7,12H2,1-2H3. The molecule has 0 unspecified atom stereocenters. The normalized spacial score (nSPS) is 15.9. The van der Waals surface area contributed by atoms with Crippen LogP contribution in [-0.2, 0) is 23.5 Å². The lowest BCUT2D eigenvalue weighted by Crippen LogP contribution is -2.30. The largest absolute Gasteiger partial charge is 0.372 e. The van der Waals surface area contributed by atoms with E-state index in [1.807, 2.05) is 13.8 Å². The third-order valence-corrected chi connectivity index (χ3v) is 2.47. The Labute approximate surface area is 78.7 Å². The van der Waals surface area contributed by atoms with Crippen LogP contribution in [0, 0.1) is 0 Å². The van der Waals surface area contributed by atoms with Crippen LogP contribution in [0.4, 0.5) is 0 Å². The molecule has 1 aliphatic heterocycles. The number of ether oxygens (including phenoxy) is 1. The molecule has 0 saturated carbocycles. The molecule has 70 valence electrons. The van der Waals surface area contributed by atoms with Crippen LogP contribution in [0.1, 0.15) is 30.5 Å². The Morgan fingerprint density at radius 2 is 2.08 bits per heavy atom. The Hall–Kier alpha value is -0.860. The van der Waals surface area contributed by atoms with Crippen LogP contribution < -0.4 is 5.73 Å². The minimum Gasteiger partial charge on any atom is -0.372 e. The second kappa shape index (κ2) is 2.82. The SMILES string of the molecule is CC(C)(N)c1cccc2c1COC2. The molecular weight excluding hydrogens is 162 g/mol. The number of hydrogen-bond acceptors (Lipinski definition) is 2. The molecule has 1 heterocycles. The quantitative estimate of drug-likeness (QED) is 0.711. The molecule has 1 aromatic rings. The zero-order valence-corrected chi connectivity index (χ0v) is 8.13. The molecule has 0 saturated heterocycles. The molecule has 0 amide bonds. The van der Waals surface area contributed by atoms with E-state index in [1.165, 1.54) is 16.7 Å². The van der Waals surface area contributed by atoms with Gasteiger partial charge in [-0.3, -0.25) is 0 Å². The van der Waals surface area contributed by atoms with Gasteiger partial charge in [0.1, 0.15) is 0 Å².